The van der Waals surface area contributed by atoms with E-state index in [0.29, 0.717) is 21.5 Å². The molecule has 10 heteroatoms. The number of hydrogen-bond acceptors (Lipinski definition) is 8. The molecule has 1 aromatic carbocycles. The highest BCUT2D eigenvalue weighted by atomic mass is 32.1. The van der Waals surface area contributed by atoms with Gasteiger partial charge in [-0.3, -0.25) is 0 Å². The first kappa shape index (κ1) is 23.3. The van der Waals surface area contributed by atoms with Crippen LogP contribution in [0.2, 0.25) is 0 Å². The summed E-state index contributed by atoms with van der Waals surface area (Å²) in [6.45, 7) is 22.2. The molecule has 2 aromatic heterocycles. The van der Waals surface area contributed by atoms with Crippen molar-refractivity contribution < 1.29 is 9.47 Å². The fraction of sp³-hybridized carbons (Fsp3) is 0.231. The van der Waals surface area contributed by atoms with Gasteiger partial charge in [0.2, 0.25) is 5.71 Å². The van der Waals surface area contributed by atoms with E-state index in [1.807, 2.05) is 27.7 Å². The molecule has 0 saturated heterocycles. The quantitative estimate of drug-likeness (QED) is 0.205. The SMILES string of the molecule is [C-]#[N+]C(=Nc1cc2c(s1)-c1cc3c(cc1C(C)(C)O2)-c1sc(N=C(C#N)C#N)cc1OC3(C)C)[N+]#[C-]. The fourth-order valence-electron chi connectivity index (χ4n) is 4.35. The minimum absolute atomic E-state index is 0.212. The van der Waals surface area contributed by atoms with Gasteiger partial charge in [-0.25, -0.2) is 14.7 Å². The second-order valence-electron chi connectivity index (χ2n) is 9.04. The lowest BCUT2D eigenvalue weighted by Gasteiger charge is -2.38. The van der Waals surface area contributed by atoms with Crippen molar-refractivity contribution in [1.29, 1.82) is 10.5 Å². The normalized spacial score (nSPS) is 14.9. The van der Waals surface area contributed by atoms with E-state index in [-0.39, 0.29) is 11.7 Å². The van der Waals surface area contributed by atoms with E-state index in [0.717, 1.165) is 32.0 Å². The Bertz CT molecular complexity index is 1540. The molecule has 0 bridgehead atoms. The maximum atomic E-state index is 9.10. The molecule has 0 radical (unpaired) electrons. The highest BCUT2D eigenvalue weighted by molar-refractivity contribution is 7.20. The van der Waals surface area contributed by atoms with Crippen molar-refractivity contribution in [3.63, 3.8) is 0 Å². The van der Waals surface area contributed by atoms with E-state index >= 15 is 0 Å². The Kier molecular flexibility index (Phi) is 5.20. The van der Waals surface area contributed by atoms with Gasteiger partial charge in [-0.1, -0.05) is 11.3 Å². The molecule has 0 atom stereocenters. The monoisotopic (exact) mass is 508 g/mol. The molecule has 0 amide bonds. The van der Waals surface area contributed by atoms with Crippen LogP contribution in [-0.2, 0) is 11.2 Å². The lowest BCUT2D eigenvalue weighted by Crippen LogP contribution is -2.32. The summed E-state index contributed by atoms with van der Waals surface area (Å²) in [4.78, 5) is 16.4. The molecule has 36 heavy (non-hydrogen) atoms. The van der Waals surface area contributed by atoms with Crippen LogP contribution in [0.5, 0.6) is 11.5 Å². The van der Waals surface area contributed by atoms with Crippen LogP contribution in [0.3, 0.4) is 0 Å². The van der Waals surface area contributed by atoms with Gasteiger partial charge in [-0.2, -0.15) is 10.5 Å². The summed E-state index contributed by atoms with van der Waals surface area (Å²) in [5.74, 6) is 1.07. The van der Waals surface area contributed by atoms with Crippen molar-refractivity contribution in [2.75, 3.05) is 0 Å². The van der Waals surface area contributed by atoms with Gasteiger partial charge in [-0.05, 0) is 53.0 Å². The Morgan fingerprint density at radius 1 is 0.806 bits per heavy atom. The van der Waals surface area contributed by atoms with Crippen LogP contribution in [-0.4, -0.2) is 11.7 Å². The first-order valence-corrected chi connectivity index (χ1v) is 12.3. The maximum absolute atomic E-state index is 9.10. The molecule has 0 N–H and O–H groups in total. The van der Waals surface area contributed by atoms with Crippen molar-refractivity contribution in [1.82, 2.24) is 0 Å². The molecule has 0 unspecified atom stereocenters. The molecule has 2 aliphatic heterocycles. The van der Waals surface area contributed by atoms with Crippen LogP contribution in [0.1, 0.15) is 38.8 Å². The summed E-state index contributed by atoms with van der Waals surface area (Å²) in [6, 6.07) is 11.3. The predicted octanol–water partition coefficient (Wildman–Crippen LogP) is 7.34. The molecule has 2 aliphatic rings. The highest BCUT2D eigenvalue weighted by Crippen LogP contribution is 2.57. The summed E-state index contributed by atoms with van der Waals surface area (Å²) < 4.78 is 12.7. The van der Waals surface area contributed by atoms with Gasteiger partial charge in [0.1, 0.15) is 39.8 Å². The fourth-order valence-corrected chi connectivity index (χ4v) is 6.33. The van der Waals surface area contributed by atoms with Crippen molar-refractivity contribution in [2.45, 2.75) is 38.9 Å². The van der Waals surface area contributed by atoms with Crippen molar-refractivity contribution in [2.24, 2.45) is 9.98 Å². The third-order valence-electron chi connectivity index (χ3n) is 5.89. The van der Waals surface area contributed by atoms with Crippen LogP contribution in [0.4, 0.5) is 10.0 Å². The van der Waals surface area contributed by atoms with E-state index in [2.05, 4.69) is 31.8 Å². The van der Waals surface area contributed by atoms with Gasteiger partial charge in [0.25, 0.3) is 5.00 Å². The van der Waals surface area contributed by atoms with Crippen molar-refractivity contribution >= 4 is 44.3 Å². The zero-order valence-electron chi connectivity index (χ0n) is 19.6. The Labute approximate surface area is 215 Å². The Balaban J connectivity index is 1.72. The van der Waals surface area contributed by atoms with Crippen LogP contribution >= 0.6 is 22.7 Å². The minimum Gasteiger partial charge on any atom is -0.482 e. The van der Waals surface area contributed by atoms with Crippen LogP contribution < -0.4 is 9.47 Å². The summed E-state index contributed by atoms with van der Waals surface area (Å²) in [6.07, 6.45) is 0. The third kappa shape index (κ3) is 3.61. The second-order valence-corrected chi connectivity index (χ2v) is 11.1. The minimum atomic E-state index is -0.658. The average molecular weight is 509 g/mol. The molecule has 3 aromatic rings. The van der Waals surface area contributed by atoms with Gasteiger partial charge < -0.3 is 9.47 Å². The molecular weight excluding hydrogens is 492 g/mol. The number of guanidine groups is 1. The summed E-state index contributed by atoms with van der Waals surface area (Å²) >= 11 is 2.74. The third-order valence-corrected chi connectivity index (χ3v) is 7.98. The highest BCUT2D eigenvalue weighted by Gasteiger charge is 2.41. The van der Waals surface area contributed by atoms with Crippen LogP contribution in [0, 0.1) is 35.8 Å². The molecule has 0 spiro atoms. The molecule has 0 saturated carbocycles. The standard InChI is InChI=1S/C26H16N6O2S2/c1-25(2)16-8-15-17(7-14(16)22-18(33-25)9-20(35-22)31-13(11-27)12-28)26(3,4)34-19-10-21(36-23(15)19)32-24(29-5)30-6/h7-10H,1-4H3. The molecular formula is C26H16N6O2S2. The van der Waals surface area contributed by atoms with E-state index in [1.165, 1.54) is 22.7 Å². The number of rotatable bonds is 2. The van der Waals surface area contributed by atoms with Crippen molar-refractivity contribution in [3.05, 3.63) is 58.2 Å². The second kappa shape index (κ2) is 8.04. The van der Waals surface area contributed by atoms with E-state index in [9.17, 15) is 0 Å². The Morgan fingerprint density at radius 2 is 1.25 bits per heavy atom. The summed E-state index contributed by atoms with van der Waals surface area (Å²) in [5.41, 5.74) is 2.42. The first-order valence-electron chi connectivity index (χ1n) is 10.7. The molecule has 0 fully saturated rings. The number of nitriles is 2. The van der Waals surface area contributed by atoms with Gasteiger partial charge in [0.15, 0.2) is 0 Å². The zero-order valence-corrected chi connectivity index (χ0v) is 21.3. The maximum Gasteiger partial charge on any atom is 0.635 e. The largest absolute Gasteiger partial charge is 0.635 e. The predicted molar refractivity (Wildman–Crippen MR) is 139 cm³/mol. The van der Waals surface area contributed by atoms with Gasteiger partial charge in [-0.15, -0.1) is 11.3 Å². The number of aliphatic imine (C=N–C) groups is 2. The summed E-state index contributed by atoms with van der Waals surface area (Å²) in [7, 11) is 0. The lowest BCUT2D eigenvalue weighted by atomic mass is 9.81. The number of benzene rings is 1. The average Bonchev–Trinajstić information content (AvgIpc) is 3.42. The first-order chi connectivity index (χ1) is 17.1. The topological polar surface area (TPSA) is 99.5 Å². The van der Waals surface area contributed by atoms with E-state index in [4.69, 9.17) is 33.1 Å². The zero-order chi connectivity index (χ0) is 25.8. The van der Waals surface area contributed by atoms with Crippen LogP contribution in [0.15, 0.2) is 34.3 Å². The number of ether oxygens (including phenoxy) is 2. The van der Waals surface area contributed by atoms with E-state index < -0.39 is 11.2 Å². The molecule has 4 heterocycles. The molecule has 5 rings (SSSR count). The number of fused-ring (bicyclic) bond motifs is 6. The Morgan fingerprint density at radius 3 is 1.67 bits per heavy atom. The van der Waals surface area contributed by atoms with Crippen molar-refractivity contribution in [3.8, 4) is 44.5 Å². The smallest absolute Gasteiger partial charge is 0.482 e. The molecule has 0 aliphatic carbocycles. The molecule has 8 nitrogen and oxygen atoms in total. The van der Waals surface area contributed by atoms with Gasteiger partial charge in [0, 0.05) is 33.3 Å². The van der Waals surface area contributed by atoms with E-state index in [1.54, 1.807) is 24.3 Å². The van der Waals surface area contributed by atoms with Crippen LogP contribution in [0.25, 0.3) is 30.6 Å². The number of nitrogens with zero attached hydrogens (tertiary/aromatic N) is 6. The lowest BCUT2D eigenvalue weighted by molar-refractivity contribution is 0.102. The van der Waals surface area contributed by atoms with Gasteiger partial charge in [0.05, 0.1) is 15.8 Å². The van der Waals surface area contributed by atoms with Gasteiger partial charge >= 0.3 is 5.96 Å². The number of hydrogen-bond donors (Lipinski definition) is 0. The Hall–Kier alpha value is -4.48. The molecule has 174 valence electrons. The number of thiophene rings is 2. The summed E-state index contributed by atoms with van der Waals surface area (Å²) in [5, 5.41) is 19.3.